The van der Waals surface area contributed by atoms with E-state index in [1.807, 2.05) is 12.1 Å². The zero-order valence-corrected chi connectivity index (χ0v) is 19.1. The highest BCUT2D eigenvalue weighted by Gasteiger charge is 2.79. The average Bonchev–Trinajstić information content (AvgIpc) is 3.04. The van der Waals surface area contributed by atoms with Gasteiger partial charge in [-0.15, -0.1) is 0 Å². The molecule has 2 heterocycles. The average molecular weight is 458 g/mol. The normalized spacial score (nSPS) is 28.6. The number of hydrogen-bond acceptors (Lipinski definition) is 9. The smallest absolute Gasteiger partial charge is 0.244 e. The van der Waals surface area contributed by atoms with E-state index in [4.69, 9.17) is 29.1 Å². The van der Waals surface area contributed by atoms with Gasteiger partial charge in [-0.2, -0.15) is 15.8 Å². The van der Waals surface area contributed by atoms with Crippen LogP contribution in [0, 0.1) is 56.2 Å². The second-order valence-corrected chi connectivity index (χ2v) is 8.14. The summed E-state index contributed by atoms with van der Waals surface area (Å²) >= 11 is 0. The van der Waals surface area contributed by atoms with E-state index in [-0.39, 0.29) is 0 Å². The van der Waals surface area contributed by atoms with Crippen LogP contribution in [0.1, 0.15) is 24.2 Å². The van der Waals surface area contributed by atoms with Crippen molar-refractivity contribution in [2.45, 2.75) is 18.8 Å². The van der Waals surface area contributed by atoms with Gasteiger partial charge in [-0.05, 0) is 42.0 Å². The Morgan fingerprint density at radius 1 is 0.853 bits per heavy atom. The van der Waals surface area contributed by atoms with Gasteiger partial charge in [-0.25, -0.2) is 0 Å². The van der Waals surface area contributed by atoms with Crippen LogP contribution in [0.3, 0.4) is 0 Å². The quantitative estimate of drug-likeness (QED) is 0.713. The van der Waals surface area contributed by atoms with Crippen molar-refractivity contribution in [1.29, 1.82) is 21.2 Å². The van der Waals surface area contributed by atoms with E-state index in [1.165, 1.54) is 21.3 Å². The first-order valence-corrected chi connectivity index (χ1v) is 10.4. The minimum Gasteiger partial charge on any atom is -0.497 e. The SMILES string of the molecule is COc1ccc(C23OC(=N)C(C#N)(C2C)C(C#N)(C#N)C(c2cc(OC)cc(OC)c2)O3)cc1. The van der Waals surface area contributed by atoms with E-state index in [2.05, 4.69) is 6.07 Å². The monoisotopic (exact) mass is 458 g/mol. The number of hydrogen-bond donors (Lipinski definition) is 1. The second-order valence-electron chi connectivity index (χ2n) is 8.14. The van der Waals surface area contributed by atoms with Crippen LogP contribution in [-0.2, 0) is 15.3 Å². The molecule has 2 saturated heterocycles. The summed E-state index contributed by atoms with van der Waals surface area (Å²) in [5.74, 6) is -1.53. The molecule has 4 atom stereocenters. The lowest BCUT2D eigenvalue weighted by atomic mass is 9.53. The number of methoxy groups -OCH3 is 3. The van der Waals surface area contributed by atoms with Crippen molar-refractivity contribution in [3.05, 3.63) is 53.6 Å². The van der Waals surface area contributed by atoms with E-state index < -0.39 is 34.5 Å². The van der Waals surface area contributed by atoms with Gasteiger partial charge in [0.25, 0.3) is 0 Å². The van der Waals surface area contributed by atoms with E-state index >= 15 is 0 Å². The molecule has 34 heavy (non-hydrogen) atoms. The Hall–Kier alpha value is -4.26. The summed E-state index contributed by atoms with van der Waals surface area (Å²) in [6.45, 7) is 1.65. The number of nitrogens with one attached hydrogen (secondary N) is 1. The van der Waals surface area contributed by atoms with Crippen LogP contribution < -0.4 is 14.2 Å². The maximum atomic E-state index is 10.4. The van der Waals surface area contributed by atoms with Crippen LogP contribution in [0.15, 0.2) is 42.5 Å². The number of nitrogens with zero attached hydrogens (tertiary/aromatic N) is 3. The molecule has 2 bridgehead atoms. The zero-order valence-electron chi connectivity index (χ0n) is 19.1. The fraction of sp³-hybridized carbons (Fsp3) is 0.360. The lowest BCUT2D eigenvalue weighted by molar-refractivity contribution is -0.288. The summed E-state index contributed by atoms with van der Waals surface area (Å²) in [6, 6.07) is 17.9. The van der Waals surface area contributed by atoms with Crippen LogP contribution in [0.5, 0.6) is 17.2 Å². The lowest BCUT2D eigenvalue weighted by Gasteiger charge is -2.48. The molecule has 2 aromatic rings. The molecule has 4 unspecified atom stereocenters. The van der Waals surface area contributed by atoms with E-state index in [0.717, 1.165) is 0 Å². The van der Waals surface area contributed by atoms with Crippen molar-refractivity contribution < 1.29 is 23.7 Å². The zero-order chi connectivity index (χ0) is 24.7. The molecule has 9 nitrogen and oxygen atoms in total. The van der Waals surface area contributed by atoms with Crippen LogP contribution in [0.25, 0.3) is 0 Å². The van der Waals surface area contributed by atoms with Gasteiger partial charge in [0.15, 0.2) is 5.41 Å². The molecular weight excluding hydrogens is 436 g/mol. The summed E-state index contributed by atoms with van der Waals surface area (Å²) in [4.78, 5) is 0. The van der Waals surface area contributed by atoms with Crippen LogP contribution in [-0.4, -0.2) is 27.2 Å². The van der Waals surface area contributed by atoms with Gasteiger partial charge in [0.1, 0.15) is 23.4 Å². The molecule has 0 radical (unpaired) electrons. The van der Waals surface area contributed by atoms with Crippen molar-refractivity contribution >= 4 is 5.90 Å². The summed E-state index contributed by atoms with van der Waals surface area (Å²) in [5.41, 5.74) is -3.10. The predicted molar refractivity (Wildman–Crippen MR) is 118 cm³/mol. The molecule has 2 aliphatic rings. The Kier molecular flexibility index (Phi) is 5.36. The summed E-state index contributed by atoms with van der Waals surface area (Å²) in [6.07, 6.45) is -1.27. The van der Waals surface area contributed by atoms with Crippen LogP contribution >= 0.6 is 0 Å². The maximum absolute atomic E-state index is 10.4. The number of ether oxygens (including phenoxy) is 5. The van der Waals surface area contributed by atoms with Crippen molar-refractivity contribution in [3.63, 3.8) is 0 Å². The molecule has 0 saturated carbocycles. The number of rotatable bonds is 5. The van der Waals surface area contributed by atoms with Crippen molar-refractivity contribution in [2.24, 2.45) is 16.7 Å². The fourth-order valence-corrected chi connectivity index (χ4v) is 4.97. The van der Waals surface area contributed by atoms with E-state index in [0.29, 0.717) is 28.4 Å². The molecule has 4 rings (SSSR count). The van der Waals surface area contributed by atoms with Gasteiger partial charge in [0.2, 0.25) is 17.1 Å². The standard InChI is InChI=1S/C25H22N4O5/c1-15-24(14-28)22(29)34-25(15,17-5-7-18(30-2)8-6-17)33-21(23(24,12-26)13-27)16-9-19(31-3)11-20(10-16)32-4/h5-11,15,21,29H,1-4H3. The number of fused-ring (bicyclic) bond motifs is 2. The molecule has 0 spiro atoms. The topological polar surface area (TPSA) is 141 Å². The van der Waals surface area contributed by atoms with Crippen molar-refractivity contribution in [1.82, 2.24) is 0 Å². The Bertz CT molecular complexity index is 1240. The van der Waals surface area contributed by atoms with Gasteiger partial charge < -0.3 is 23.7 Å². The van der Waals surface area contributed by atoms with Gasteiger partial charge >= 0.3 is 0 Å². The summed E-state index contributed by atoms with van der Waals surface area (Å²) in [5, 5.41) is 39.8. The molecule has 0 amide bonds. The van der Waals surface area contributed by atoms with Crippen molar-refractivity contribution in [3.8, 4) is 35.5 Å². The molecule has 2 aromatic carbocycles. The van der Waals surface area contributed by atoms with Gasteiger partial charge in [-0.3, -0.25) is 5.41 Å². The fourth-order valence-electron chi connectivity index (χ4n) is 4.97. The highest BCUT2D eigenvalue weighted by molar-refractivity contribution is 5.89. The number of nitriles is 3. The highest BCUT2D eigenvalue weighted by Crippen LogP contribution is 2.69. The third kappa shape index (κ3) is 2.70. The number of benzene rings is 2. The van der Waals surface area contributed by atoms with Gasteiger partial charge in [0, 0.05) is 11.6 Å². The Balaban J connectivity index is 2.02. The van der Waals surface area contributed by atoms with Gasteiger partial charge in [-0.1, -0.05) is 6.92 Å². The molecule has 0 aromatic heterocycles. The second kappa shape index (κ2) is 7.95. The summed E-state index contributed by atoms with van der Waals surface area (Å²) in [7, 11) is 4.49. The van der Waals surface area contributed by atoms with Crippen molar-refractivity contribution in [2.75, 3.05) is 21.3 Å². The molecule has 1 N–H and O–H groups in total. The predicted octanol–water partition coefficient (Wildman–Crippen LogP) is 3.82. The van der Waals surface area contributed by atoms with Crippen LogP contribution in [0.4, 0.5) is 0 Å². The summed E-state index contributed by atoms with van der Waals surface area (Å²) < 4.78 is 28.5. The third-order valence-corrected chi connectivity index (χ3v) is 6.84. The first kappa shape index (κ1) is 22.9. The first-order valence-electron chi connectivity index (χ1n) is 10.4. The largest absolute Gasteiger partial charge is 0.497 e. The highest BCUT2D eigenvalue weighted by atomic mass is 16.7. The Labute approximate surface area is 197 Å². The van der Waals surface area contributed by atoms with E-state index in [9.17, 15) is 15.8 Å². The van der Waals surface area contributed by atoms with E-state index in [1.54, 1.807) is 49.4 Å². The Morgan fingerprint density at radius 3 is 1.88 bits per heavy atom. The molecule has 2 aliphatic heterocycles. The molecule has 9 heteroatoms. The minimum atomic E-state index is -2.10. The first-order chi connectivity index (χ1) is 16.3. The lowest BCUT2D eigenvalue weighted by Crippen LogP contribution is -2.57. The Morgan fingerprint density at radius 2 is 1.41 bits per heavy atom. The third-order valence-electron chi connectivity index (χ3n) is 6.84. The molecule has 172 valence electrons. The molecule has 0 aliphatic carbocycles. The molecular formula is C25H22N4O5. The van der Waals surface area contributed by atoms with Crippen LogP contribution in [0.2, 0.25) is 0 Å². The molecule has 2 fully saturated rings. The van der Waals surface area contributed by atoms with Gasteiger partial charge in [0.05, 0.1) is 45.5 Å². The minimum absolute atomic E-state index is 0.377. The maximum Gasteiger partial charge on any atom is 0.244 e.